The van der Waals surface area contributed by atoms with E-state index in [0.717, 1.165) is 5.82 Å². The van der Waals surface area contributed by atoms with Crippen molar-refractivity contribution in [2.24, 2.45) is 0 Å². The highest BCUT2D eigenvalue weighted by atomic mass is 32.2. The first-order chi connectivity index (χ1) is 15.1. The monoisotopic (exact) mass is 433 g/mol. The van der Waals surface area contributed by atoms with E-state index < -0.39 is 0 Å². The Morgan fingerprint density at radius 3 is 2.55 bits per heavy atom. The Balaban J connectivity index is 2.11. The van der Waals surface area contributed by atoms with E-state index in [1.807, 2.05) is 0 Å². The van der Waals surface area contributed by atoms with Gasteiger partial charge in [-0.1, -0.05) is 23.9 Å². The summed E-state index contributed by atoms with van der Waals surface area (Å²) in [6.45, 7) is 1.49. The van der Waals surface area contributed by atoms with Crippen LogP contribution in [-0.4, -0.2) is 39.1 Å². The predicted molar refractivity (Wildman–Crippen MR) is 117 cm³/mol. The summed E-state index contributed by atoms with van der Waals surface area (Å²) in [5.41, 5.74) is 2.16. The van der Waals surface area contributed by atoms with E-state index in [1.165, 1.54) is 18.7 Å². The molecule has 0 radical (unpaired) electrons. The van der Waals surface area contributed by atoms with Gasteiger partial charge in [-0.2, -0.15) is 10.5 Å². The summed E-state index contributed by atoms with van der Waals surface area (Å²) < 4.78 is 0. The van der Waals surface area contributed by atoms with Crippen LogP contribution in [0, 0.1) is 22.7 Å². The van der Waals surface area contributed by atoms with Gasteiger partial charge in [-0.3, -0.25) is 4.79 Å². The van der Waals surface area contributed by atoms with Gasteiger partial charge in [0.05, 0.1) is 17.9 Å². The molecule has 4 N–H and O–H groups in total. The van der Waals surface area contributed by atoms with Crippen molar-refractivity contribution in [1.82, 2.24) is 15.0 Å². The quantitative estimate of drug-likeness (QED) is 0.396. The minimum absolute atomic E-state index is 0.137. The summed E-state index contributed by atoms with van der Waals surface area (Å²) >= 11 is 1.32. The fourth-order valence-corrected chi connectivity index (χ4v) is 3.79. The number of rotatable bonds is 8. The van der Waals surface area contributed by atoms with Gasteiger partial charge in [0.25, 0.3) is 0 Å². The van der Waals surface area contributed by atoms with Crippen LogP contribution in [-0.2, 0) is 10.5 Å². The summed E-state index contributed by atoms with van der Waals surface area (Å²) in [6.07, 6.45) is 3.35. The molecule has 156 valence electrons. The second-order valence-electron chi connectivity index (χ2n) is 6.35. The number of aliphatic hydroxyl groups is 1. The van der Waals surface area contributed by atoms with Crippen LogP contribution in [0.4, 0.5) is 11.5 Å². The SMILES string of the molecule is CC(=O)Nc1ccc(-c2c(C#N)c(NCCO)nc(SCc3ncc[nH]3)c2C#N)cc1. The van der Waals surface area contributed by atoms with E-state index in [-0.39, 0.29) is 30.2 Å². The summed E-state index contributed by atoms with van der Waals surface area (Å²) in [4.78, 5) is 23.0. The van der Waals surface area contributed by atoms with E-state index in [2.05, 4.69) is 37.7 Å². The number of anilines is 2. The number of H-pyrrole nitrogens is 1. The van der Waals surface area contributed by atoms with Crippen molar-refractivity contribution in [3.8, 4) is 23.3 Å². The lowest BCUT2D eigenvalue weighted by Gasteiger charge is -2.16. The molecule has 0 bridgehead atoms. The average Bonchev–Trinajstić information content (AvgIpc) is 3.29. The van der Waals surface area contributed by atoms with E-state index in [9.17, 15) is 20.4 Å². The number of thioether (sulfide) groups is 1. The average molecular weight is 433 g/mol. The fourth-order valence-electron chi connectivity index (χ4n) is 2.91. The lowest BCUT2D eigenvalue weighted by molar-refractivity contribution is -0.114. The Hall–Kier alpha value is -3.86. The van der Waals surface area contributed by atoms with Gasteiger partial charge in [0, 0.05) is 37.1 Å². The number of nitrogens with zero attached hydrogens (tertiary/aromatic N) is 4. The number of nitrogens with one attached hydrogen (secondary N) is 3. The molecule has 0 atom stereocenters. The lowest BCUT2D eigenvalue weighted by atomic mass is 9.96. The summed E-state index contributed by atoms with van der Waals surface area (Å²) in [7, 11) is 0. The van der Waals surface area contributed by atoms with E-state index in [1.54, 1.807) is 36.7 Å². The zero-order valence-corrected chi connectivity index (χ0v) is 17.5. The molecule has 10 heteroatoms. The first-order valence-electron chi connectivity index (χ1n) is 9.29. The topological polar surface area (TPSA) is 151 Å². The molecule has 0 aliphatic heterocycles. The van der Waals surface area contributed by atoms with Gasteiger partial charge in [-0.15, -0.1) is 0 Å². The maximum atomic E-state index is 11.3. The third kappa shape index (κ3) is 5.20. The van der Waals surface area contributed by atoms with Crippen molar-refractivity contribution < 1.29 is 9.90 Å². The zero-order valence-electron chi connectivity index (χ0n) is 16.6. The zero-order chi connectivity index (χ0) is 22.2. The molecule has 1 aromatic carbocycles. The molecule has 3 aromatic rings. The molecule has 0 aliphatic carbocycles. The van der Waals surface area contributed by atoms with Crippen LogP contribution in [0.2, 0.25) is 0 Å². The van der Waals surface area contributed by atoms with Crippen molar-refractivity contribution in [1.29, 1.82) is 10.5 Å². The number of aromatic nitrogens is 3. The molecule has 0 aliphatic rings. The molecule has 3 rings (SSSR count). The van der Waals surface area contributed by atoms with Crippen molar-refractivity contribution in [2.45, 2.75) is 17.7 Å². The third-order valence-electron chi connectivity index (χ3n) is 4.19. The second-order valence-corrected chi connectivity index (χ2v) is 7.31. The Kier molecular flexibility index (Phi) is 7.22. The highest BCUT2D eigenvalue weighted by molar-refractivity contribution is 7.98. The predicted octanol–water partition coefficient (Wildman–Crippen LogP) is 2.87. The number of aromatic amines is 1. The molecule has 2 aromatic heterocycles. The number of pyridine rings is 1. The molecule has 0 fully saturated rings. The standard InChI is InChI=1S/C21H19N7O2S/c1-13(30)27-15-4-2-14(3-5-15)19-16(10-22)20(26-8-9-29)28-21(17(19)11-23)31-12-18-24-6-7-25-18/h2-7,29H,8-9,12H2,1H3,(H,24,25)(H,26,28)(H,27,30). The number of amides is 1. The first-order valence-corrected chi connectivity index (χ1v) is 10.3. The maximum Gasteiger partial charge on any atom is 0.221 e. The number of benzene rings is 1. The van der Waals surface area contributed by atoms with E-state index >= 15 is 0 Å². The minimum atomic E-state index is -0.195. The van der Waals surface area contributed by atoms with Gasteiger partial charge in [-0.25, -0.2) is 9.97 Å². The highest BCUT2D eigenvalue weighted by Crippen LogP contribution is 2.37. The molecule has 0 saturated heterocycles. The minimum Gasteiger partial charge on any atom is -0.395 e. The number of aliphatic hydroxyl groups excluding tert-OH is 1. The van der Waals surface area contributed by atoms with Gasteiger partial charge < -0.3 is 20.7 Å². The van der Waals surface area contributed by atoms with Crippen LogP contribution in [0.3, 0.4) is 0 Å². The molecule has 0 spiro atoms. The van der Waals surface area contributed by atoms with Gasteiger partial charge in [0.1, 0.15) is 34.4 Å². The Morgan fingerprint density at radius 1 is 1.23 bits per heavy atom. The molecule has 1 amide bonds. The van der Waals surface area contributed by atoms with Crippen LogP contribution in [0.1, 0.15) is 23.9 Å². The fraction of sp³-hybridized carbons (Fsp3) is 0.190. The smallest absolute Gasteiger partial charge is 0.221 e. The molecule has 0 unspecified atom stereocenters. The summed E-state index contributed by atoms with van der Waals surface area (Å²) in [5, 5.41) is 35.1. The van der Waals surface area contributed by atoms with Crippen LogP contribution in [0.25, 0.3) is 11.1 Å². The van der Waals surface area contributed by atoms with Crippen LogP contribution in [0.5, 0.6) is 0 Å². The number of carbonyl (C=O) groups is 1. The number of hydrogen-bond donors (Lipinski definition) is 4. The number of imidazole rings is 1. The molecule has 31 heavy (non-hydrogen) atoms. The van der Waals surface area contributed by atoms with Crippen molar-refractivity contribution in [3.05, 3.63) is 53.6 Å². The third-order valence-corrected chi connectivity index (χ3v) is 5.17. The molecule has 2 heterocycles. The first kappa shape index (κ1) is 21.8. The summed E-state index contributed by atoms with van der Waals surface area (Å²) in [6, 6.07) is 11.2. The van der Waals surface area contributed by atoms with Crippen LogP contribution < -0.4 is 10.6 Å². The molecule has 9 nitrogen and oxygen atoms in total. The van der Waals surface area contributed by atoms with Crippen LogP contribution in [0.15, 0.2) is 41.7 Å². The van der Waals surface area contributed by atoms with Gasteiger partial charge in [0.15, 0.2) is 0 Å². The van der Waals surface area contributed by atoms with E-state index in [0.29, 0.717) is 33.4 Å². The van der Waals surface area contributed by atoms with E-state index in [4.69, 9.17) is 0 Å². The second kappa shape index (κ2) is 10.3. The largest absolute Gasteiger partial charge is 0.395 e. The number of carbonyl (C=O) groups excluding carboxylic acids is 1. The molecular weight excluding hydrogens is 414 g/mol. The molecular formula is C21H19N7O2S. The number of nitriles is 2. The Bertz CT molecular complexity index is 1150. The van der Waals surface area contributed by atoms with Gasteiger partial charge in [0.2, 0.25) is 5.91 Å². The highest BCUT2D eigenvalue weighted by Gasteiger charge is 2.22. The van der Waals surface area contributed by atoms with Gasteiger partial charge >= 0.3 is 0 Å². The Morgan fingerprint density at radius 2 is 1.97 bits per heavy atom. The normalized spacial score (nSPS) is 10.2. The lowest BCUT2D eigenvalue weighted by Crippen LogP contribution is -2.11. The van der Waals surface area contributed by atoms with Gasteiger partial charge in [-0.05, 0) is 17.7 Å². The van der Waals surface area contributed by atoms with Crippen LogP contribution >= 0.6 is 11.8 Å². The number of hydrogen-bond acceptors (Lipinski definition) is 8. The van der Waals surface area contributed by atoms with Crippen molar-refractivity contribution in [3.63, 3.8) is 0 Å². The summed E-state index contributed by atoms with van der Waals surface area (Å²) in [5.74, 6) is 1.28. The Labute approximate surface area is 183 Å². The van der Waals surface area contributed by atoms with Crippen molar-refractivity contribution in [2.75, 3.05) is 23.8 Å². The maximum absolute atomic E-state index is 11.3. The molecule has 0 saturated carbocycles. The van der Waals surface area contributed by atoms with Crippen molar-refractivity contribution >= 4 is 29.2 Å².